The van der Waals surface area contributed by atoms with Crippen molar-refractivity contribution in [2.45, 2.75) is 17.2 Å². The number of halogens is 1. The van der Waals surface area contributed by atoms with Gasteiger partial charge >= 0.3 is 0 Å². The van der Waals surface area contributed by atoms with Crippen molar-refractivity contribution in [2.75, 3.05) is 5.32 Å². The van der Waals surface area contributed by atoms with Crippen LogP contribution >= 0.6 is 27.7 Å². The topological polar surface area (TPSA) is 54.9 Å². The largest absolute Gasteiger partial charge is 0.325 e. The van der Waals surface area contributed by atoms with Crippen molar-refractivity contribution < 1.29 is 4.79 Å². The molecule has 1 heterocycles. The van der Waals surface area contributed by atoms with Crippen LogP contribution in [0.4, 0.5) is 5.69 Å². The van der Waals surface area contributed by atoms with Gasteiger partial charge in [-0.25, -0.2) is 9.97 Å². The number of nitrogens with one attached hydrogen (secondary N) is 1. The van der Waals surface area contributed by atoms with Gasteiger partial charge in [-0.15, -0.1) is 0 Å². The second kappa shape index (κ2) is 7.10. The smallest absolute Gasteiger partial charge is 0.237 e. The van der Waals surface area contributed by atoms with Crippen LogP contribution in [0.5, 0.6) is 0 Å². The van der Waals surface area contributed by atoms with Gasteiger partial charge in [-0.2, -0.15) is 0 Å². The van der Waals surface area contributed by atoms with Gasteiger partial charge in [0.05, 0.1) is 10.8 Å². The van der Waals surface area contributed by atoms with Crippen molar-refractivity contribution in [3.8, 4) is 0 Å². The molecule has 0 bridgehead atoms. The van der Waals surface area contributed by atoms with Crippen LogP contribution < -0.4 is 5.32 Å². The van der Waals surface area contributed by atoms with Gasteiger partial charge in [0, 0.05) is 15.5 Å². The first-order valence-corrected chi connectivity index (χ1v) is 8.73. The lowest BCUT2D eigenvalue weighted by molar-refractivity contribution is -0.115. The summed E-state index contributed by atoms with van der Waals surface area (Å²) >= 11 is 4.81. The number of benzene rings is 2. The molecule has 1 aromatic heterocycles. The van der Waals surface area contributed by atoms with Crippen molar-refractivity contribution in [3.63, 3.8) is 0 Å². The maximum absolute atomic E-state index is 12.4. The van der Waals surface area contributed by atoms with Crippen LogP contribution in [0.1, 0.15) is 6.92 Å². The van der Waals surface area contributed by atoms with E-state index < -0.39 is 0 Å². The fourth-order valence-electron chi connectivity index (χ4n) is 2.07. The minimum atomic E-state index is -0.267. The molecular weight excluding hydrogens is 374 g/mol. The van der Waals surface area contributed by atoms with E-state index in [-0.39, 0.29) is 11.2 Å². The molecule has 0 fully saturated rings. The third-order valence-corrected chi connectivity index (χ3v) is 4.92. The Morgan fingerprint density at radius 1 is 1.13 bits per heavy atom. The van der Waals surface area contributed by atoms with E-state index in [4.69, 9.17) is 0 Å². The van der Waals surface area contributed by atoms with Crippen LogP contribution in [0.15, 0.2) is 64.4 Å². The first-order valence-electron chi connectivity index (χ1n) is 7.06. The Labute approximate surface area is 146 Å². The van der Waals surface area contributed by atoms with Gasteiger partial charge in [0.15, 0.2) is 0 Å². The lowest BCUT2D eigenvalue weighted by Crippen LogP contribution is -2.22. The summed E-state index contributed by atoms with van der Waals surface area (Å²) in [5, 5.41) is 4.42. The van der Waals surface area contributed by atoms with Gasteiger partial charge in [-0.3, -0.25) is 4.79 Å². The molecule has 2 aromatic carbocycles. The Morgan fingerprint density at radius 2 is 1.87 bits per heavy atom. The van der Waals surface area contributed by atoms with Crippen LogP contribution in [0.3, 0.4) is 0 Å². The number of thioether (sulfide) groups is 1. The Hall–Kier alpha value is -1.92. The summed E-state index contributed by atoms with van der Waals surface area (Å²) in [6, 6.07) is 15.3. The van der Waals surface area contributed by atoms with Crippen molar-refractivity contribution in [3.05, 3.63) is 59.3 Å². The summed E-state index contributed by atoms with van der Waals surface area (Å²) < 4.78 is 0.977. The third-order valence-electron chi connectivity index (χ3n) is 3.28. The molecule has 0 saturated heterocycles. The van der Waals surface area contributed by atoms with E-state index in [0.29, 0.717) is 0 Å². The third kappa shape index (κ3) is 3.89. The van der Waals surface area contributed by atoms with Gasteiger partial charge in [-0.1, -0.05) is 45.9 Å². The average Bonchev–Trinajstić information content (AvgIpc) is 2.57. The number of hydrogen-bond donors (Lipinski definition) is 1. The molecule has 0 saturated carbocycles. The number of aromatic nitrogens is 2. The summed E-state index contributed by atoms with van der Waals surface area (Å²) in [7, 11) is 0. The number of amides is 1. The molecule has 23 heavy (non-hydrogen) atoms. The molecule has 0 radical (unpaired) electrons. The van der Waals surface area contributed by atoms with Crippen LogP contribution in [0.2, 0.25) is 0 Å². The quantitative estimate of drug-likeness (QED) is 0.528. The number of carbonyl (C=O) groups is 1. The molecule has 3 rings (SSSR count). The monoisotopic (exact) mass is 387 g/mol. The standard InChI is InChI=1S/C17H14BrN3OS/c1-11(16(22)21-13-8-6-12(18)7-9-13)23-17-14-4-2-3-5-15(14)19-10-20-17/h2-11H,1H3,(H,21,22)/t11-/m0/s1. The molecule has 1 N–H and O–H groups in total. The SMILES string of the molecule is C[C@H](Sc1ncnc2ccccc12)C(=O)Nc1ccc(Br)cc1. The maximum atomic E-state index is 12.4. The normalized spacial score (nSPS) is 12.1. The van der Waals surface area contributed by atoms with E-state index in [0.717, 1.165) is 26.1 Å². The molecule has 6 heteroatoms. The minimum Gasteiger partial charge on any atom is -0.325 e. The zero-order valence-corrected chi connectivity index (χ0v) is 14.8. The zero-order valence-electron chi connectivity index (χ0n) is 12.4. The molecule has 0 spiro atoms. The van der Waals surface area contributed by atoms with Gasteiger partial charge in [-0.05, 0) is 37.3 Å². The highest BCUT2D eigenvalue weighted by molar-refractivity contribution is 9.10. The predicted octanol–water partition coefficient (Wildman–Crippen LogP) is 4.51. The summed E-state index contributed by atoms with van der Waals surface area (Å²) in [5.41, 5.74) is 1.66. The predicted molar refractivity (Wildman–Crippen MR) is 97.6 cm³/mol. The van der Waals surface area contributed by atoms with Crippen LogP contribution in [0, 0.1) is 0 Å². The molecule has 116 valence electrons. The van der Waals surface area contributed by atoms with Gasteiger partial charge < -0.3 is 5.32 Å². The highest BCUT2D eigenvalue weighted by Crippen LogP contribution is 2.28. The molecule has 3 aromatic rings. The molecule has 0 unspecified atom stereocenters. The summed E-state index contributed by atoms with van der Waals surface area (Å²) in [6.45, 7) is 1.87. The number of carbonyl (C=O) groups excluding carboxylic acids is 1. The van der Waals surface area contributed by atoms with Gasteiger partial charge in [0.25, 0.3) is 0 Å². The zero-order chi connectivity index (χ0) is 16.2. The maximum Gasteiger partial charge on any atom is 0.237 e. The van der Waals surface area contributed by atoms with Crippen molar-refractivity contribution >= 4 is 50.2 Å². The van der Waals surface area contributed by atoms with E-state index in [1.807, 2.05) is 55.5 Å². The summed E-state index contributed by atoms with van der Waals surface area (Å²) in [6.07, 6.45) is 1.53. The molecular formula is C17H14BrN3OS. The fraction of sp³-hybridized carbons (Fsp3) is 0.118. The van der Waals surface area contributed by atoms with Crippen LogP contribution in [-0.2, 0) is 4.79 Å². The number of anilines is 1. The van der Waals surface area contributed by atoms with Crippen LogP contribution in [0.25, 0.3) is 10.9 Å². The number of rotatable bonds is 4. The first kappa shape index (κ1) is 16.0. The Bertz CT molecular complexity index is 833. The van der Waals surface area contributed by atoms with E-state index >= 15 is 0 Å². The van der Waals surface area contributed by atoms with E-state index in [1.54, 1.807) is 0 Å². The summed E-state index contributed by atoms with van der Waals surface area (Å²) in [5.74, 6) is -0.0555. The van der Waals surface area contributed by atoms with Crippen molar-refractivity contribution in [2.24, 2.45) is 0 Å². The van der Waals surface area contributed by atoms with E-state index in [1.165, 1.54) is 18.1 Å². The Morgan fingerprint density at radius 3 is 2.65 bits per heavy atom. The second-order valence-electron chi connectivity index (χ2n) is 4.95. The molecule has 4 nitrogen and oxygen atoms in total. The molecule has 0 aliphatic rings. The number of hydrogen-bond acceptors (Lipinski definition) is 4. The first-order chi connectivity index (χ1) is 11.1. The van der Waals surface area contributed by atoms with Gasteiger partial charge in [0.1, 0.15) is 11.4 Å². The molecule has 0 aliphatic heterocycles. The highest BCUT2D eigenvalue weighted by Gasteiger charge is 2.17. The number of fused-ring (bicyclic) bond motifs is 1. The van der Waals surface area contributed by atoms with E-state index in [9.17, 15) is 4.79 Å². The van der Waals surface area contributed by atoms with Crippen molar-refractivity contribution in [1.82, 2.24) is 9.97 Å². The number of para-hydroxylation sites is 1. The fourth-order valence-corrected chi connectivity index (χ4v) is 3.24. The van der Waals surface area contributed by atoms with Crippen LogP contribution in [-0.4, -0.2) is 21.1 Å². The Balaban J connectivity index is 1.73. The lowest BCUT2D eigenvalue weighted by Gasteiger charge is -2.12. The summed E-state index contributed by atoms with van der Waals surface area (Å²) in [4.78, 5) is 20.9. The highest BCUT2D eigenvalue weighted by atomic mass is 79.9. The van der Waals surface area contributed by atoms with E-state index in [2.05, 4.69) is 31.2 Å². The second-order valence-corrected chi connectivity index (χ2v) is 7.20. The lowest BCUT2D eigenvalue weighted by atomic mass is 10.2. The molecule has 1 amide bonds. The molecule has 0 aliphatic carbocycles. The minimum absolute atomic E-state index is 0.0555. The van der Waals surface area contributed by atoms with Crippen molar-refractivity contribution in [1.29, 1.82) is 0 Å². The van der Waals surface area contributed by atoms with Gasteiger partial charge in [0.2, 0.25) is 5.91 Å². The Kier molecular flexibility index (Phi) is 4.93. The number of nitrogens with zero attached hydrogens (tertiary/aromatic N) is 2. The average molecular weight is 388 g/mol. The molecule has 1 atom stereocenters.